The first-order valence-corrected chi connectivity index (χ1v) is 7.47. The summed E-state index contributed by atoms with van der Waals surface area (Å²) in [6.07, 6.45) is 2.19. The minimum Gasteiger partial charge on any atom is -0.477 e. The summed E-state index contributed by atoms with van der Waals surface area (Å²) in [6, 6.07) is 0. The van der Waals surface area contributed by atoms with Gasteiger partial charge >= 0.3 is 5.97 Å². The highest BCUT2D eigenvalue weighted by Gasteiger charge is 2.34. The first kappa shape index (κ1) is 13.5. The van der Waals surface area contributed by atoms with Crippen LogP contribution in [0, 0.1) is 11.8 Å². The van der Waals surface area contributed by atoms with Crippen molar-refractivity contribution in [3.8, 4) is 0 Å². The molecule has 0 amide bonds. The van der Waals surface area contributed by atoms with Crippen LogP contribution < -0.4 is 0 Å². The van der Waals surface area contributed by atoms with E-state index in [0.717, 1.165) is 23.5 Å². The Labute approximate surface area is 112 Å². The van der Waals surface area contributed by atoms with Gasteiger partial charge in [0.15, 0.2) is 0 Å². The lowest BCUT2D eigenvalue weighted by Crippen LogP contribution is -2.13. The van der Waals surface area contributed by atoms with E-state index in [-0.39, 0.29) is 0 Å². The molecule has 4 heteroatoms. The van der Waals surface area contributed by atoms with Crippen molar-refractivity contribution in [2.24, 2.45) is 11.8 Å². The lowest BCUT2D eigenvalue weighted by atomic mass is 9.86. The fourth-order valence-electron chi connectivity index (χ4n) is 2.62. The van der Waals surface area contributed by atoms with Crippen LogP contribution >= 0.6 is 11.3 Å². The van der Waals surface area contributed by atoms with E-state index in [2.05, 4.69) is 32.7 Å². The fourth-order valence-corrected chi connectivity index (χ4v) is 4.06. The highest BCUT2D eigenvalue weighted by molar-refractivity contribution is 7.13. The van der Waals surface area contributed by atoms with Gasteiger partial charge in [-0.15, -0.1) is 11.3 Å². The zero-order valence-corrected chi connectivity index (χ0v) is 12.3. The summed E-state index contributed by atoms with van der Waals surface area (Å²) >= 11 is 1.39. The van der Waals surface area contributed by atoms with E-state index in [9.17, 15) is 9.90 Å². The van der Waals surface area contributed by atoms with E-state index in [1.54, 1.807) is 0 Å². The Hall–Kier alpha value is -0.900. The van der Waals surface area contributed by atoms with Crippen molar-refractivity contribution >= 4 is 17.3 Å². The lowest BCUT2D eigenvalue weighted by molar-refractivity contribution is 0.0700. The Morgan fingerprint density at radius 3 is 2.22 bits per heavy atom. The van der Waals surface area contributed by atoms with Crippen LogP contribution in [0.1, 0.15) is 72.7 Å². The zero-order valence-electron chi connectivity index (χ0n) is 11.4. The summed E-state index contributed by atoms with van der Waals surface area (Å²) in [5.41, 5.74) is 0.841. The van der Waals surface area contributed by atoms with Crippen molar-refractivity contribution in [3.63, 3.8) is 0 Å². The highest BCUT2D eigenvalue weighted by Crippen LogP contribution is 2.45. The van der Waals surface area contributed by atoms with Crippen LogP contribution in [-0.4, -0.2) is 16.1 Å². The molecule has 1 fully saturated rings. The van der Waals surface area contributed by atoms with E-state index in [1.807, 2.05) is 0 Å². The number of nitrogens with zero attached hydrogens (tertiary/aromatic N) is 1. The maximum atomic E-state index is 11.3. The second kappa shape index (κ2) is 5.00. The molecule has 0 radical (unpaired) electrons. The van der Waals surface area contributed by atoms with Gasteiger partial charge in [0.1, 0.15) is 4.88 Å². The van der Waals surface area contributed by atoms with E-state index >= 15 is 0 Å². The van der Waals surface area contributed by atoms with Crippen molar-refractivity contribution in [1.29, 1.82) is 0 Å². The molecule has 1 heterocycles. The third kappa shape index (κ3) is 2.58. The molecule has 0 atom stereocenters. The Kier molecular flexibility index (Phi) is 3.76. The molecule has 0 spiro atoms. The van der Waals surface area contributed by atoms with Gasteiger partial charge in [-0.25, -0.2) is 9.78 Å². The van der Waals surface area contributed by atoms with Crippen LogP contribution in [0.5, 0.6) is 0 Å². The minimum atomic E-state index is -0.813. The van der Waals surface area contributed by atoms with Crippen LogP contribution in [0.2, 0.25) is 0 Å². The van der Waals surface area contributed by atoms with E-state index < -0.39 is 5.97 Å². The van der Waals surface area contributed by atoms with Gasteiger partial charge in [-0.2, -0.15) is 0 Å². The zero-order chi connectivity index (χ0) is 13.4. The lowest BCUT2D eigenvalue weighted by Gasteiger charge is -2.22. The van der Waals surface area contributed by atoms with Gasteiger partial charge in [-0.1, -0.05) is 27.7 Å². The summed E-state index contributed by atoms with van der Waals surface area (Å²) in [5, 5.41) is 10.3. The van der Waals surface area contributed by atoms with Gasteiger partial charge in [-0.3, -0.25) is 0 Å². The van der Waals surface area contributed by atoms with Crippen molar-refractivity contribution in [2.75, 3.05) is 0 Å². The minimum absolute atomic E-state index is 0.362. The third-order valence-electron chi connectivity index (χ3n) is 3.55. The molecule has 2 rings (SSSR count). The quantitative estimate of drug-likeness (QED) is 0.873. The van der Waals surface area contributed by atoms with E-state index in [1.165, 1.54) is 11.3 Å². The largest absolute Gasteiger partial charge is 0.477 e. The number of carbonyl (C=O) groups is 1. The Balaban J connectivity index is 2.38. The van der Waals surface area contributed by atoms with Crippen LogP contribution in [0.15, 0.2) is 0 Å². The van der Waals surface area contributed by atoms with Crippen molar-refractivity contribution < 1.29 is 9.90 Å². The molecule has 0 aromatic carbocycles. The fraction of sp³-hybridized carbons (Fsp3) is 0.714. The number of carboxylic acids is 1. The Morgan fingerprint density at radius 2 is 1.83 bits per heavy atom. The number of thiazole rings is 1. The maximum absolute atomic E-state index is 11.3. The molecule has 0 bridgehead atoms. The van der Waals surface area contributed by atoms with E-state index in [0.29, 0.717) is 28.5 Å². The Morgan fingerprint density at radius 1 is 1.28 bits per heavy atom. The van der Waals surface area contributed by atoms with Gasteiger partial charge < -0.3 is 5.11 Å². The van der Waals surface area contributed by atoms with Crippen LogP contribution in [-0.2, 0) is 0 Å². The smallest absolute Gasteiger partial charge is 0.347 e. The summed E-state index contributed by atoms with van der Waals surface area (Å²) in [4.78, 5) is 16.4. The number of aromatic nitrogens is 1. The molecule has 0 aliphatic heterocycles. The maximum Gasteiger partial charge on any atom is 0.347 e. The van der Waals surface area contributed by atoms with Gasteiger partial charge in [0, 0.05) is 11.8 Å². The van der Waals surface area contributed by atoms with Crippen LogP contribution in [0.25, 0.3) is 0 Å². The first-order valence-electron chi connectivity index (χ1n) is 6.65. The molecule has 1 N–H and O–H groups in total. The highest BCUT2D eigenvalue weighted by atomic mass is 32.1. The molecule has 1 aliphatic carbocycles. The molecule has 0 unspecified atom stereocenters. The first-order chi connectivity index (χ1) is 8.41. The topological polar surface area (TPSA) is 50.2 Å². The predicted octanol–water partition coefficient (Wildman–Crippen LogP) is 4.11. The van der Waals surface area contributed by atoms with Crippen molar-refractivity contribution in [2.45, 2.75) is 52.4 Å². The SMILES string of the molecule is CC(C)C(c1nc(C2CC2)c(C(=O)O)s1)C(C)C. The van der Waals surface area contributed by atoms with Gasteiger partial charge in [0.2, 0.25) is 0 Å². The van der Waals surface area contributed by atoms with Crippen LogP contribution in [0.3, 0.4) is 0 Å². The second-order valence-electron chi connectivity index (χ2n) is 5.86. The second-order valence-corrected chi connectivity index (χ2v) is 6.89. The Bertz CT molecular complexity index is 439. The molecule has 0 saturated heterocycles. The standard InChI is InChI=1S/C14H21NO2S/c1-7(2)10(8(3)4)13-15-11(9-5-6-9)12(18-13)14(16)17/h7-10H,5-6H2,1-4H3,(H,16,17). The summed E-state index contributed by atoms with van der Waals surface area (Å²) < 4.78 is 0. The van der Waals surface area contributed by atoms with Gasteiger partial charge in [0.25, 0.3) is 0 Å². The third-order valence-corrected chi connectivity index (χ3v) is 4.71. The molecule has 1 aromatic rings. The number of carboxylic acid groups (broad SMARTS) is 1. The van der Waals surface area contributed by atoms with Gasteiger partial charge in [0.05, 0.1) is 10.7 Å². The van der Waals surface area contributed by atoms with Gasteiger partial charge in [-0.05, 0) is 24.7 Å². The summed E-state index contributed by atoms with van der Waals surface area (Å²) in [5.74, 6) is 0.934. The predicted molar refractivity (Wildman–Crippen MR) is 73.5 cm³/mol. The molecule has 3 nitrogen and oxygen atoms in total. The van der Waals surface area contributed by atoms with Crippen LogP contribution in [0.4, 0.5) is 0 Å². The molecule has 1 saturated carbocycles. The molecule has 100 valence electrons. The molecule has 18 heavy (non-hydrogen) atoms. The van der Waals surface area contributed by atoms with Crippen molar-refractivity contribution in [1.82, 2.24) is 4.98 Å². The number of hydrogen-bond donors (Lipinski definition) is 1. The monoisotopic (exact) mass is 267 g/mol. The molecular formula is C14H21NO2S. The normalized spacial score (nSPS) is 15.9. The number of aromatic carboxylic acids is 1. The summed E-state index contributed by atoms with van der Waals surface area (Å²) in [6.45, 7) is 8.74. The molecule has 1 aliphatic rings. The number of rotatable bonds is 5. The molecule has 1 aromatic heterocycles. The van der Waals surface area contributed by atoms with Crippen molar-refractivity contribution in [3.05, 3.63) is 15.6 Å². The summed E-state index contributed by atoms with van der Waals surface area (Å²) in [7, 11) is 0. The molecular weight excluding hydrogens is 246 g/mol. The number of hydrogen-bond acceptors (Lipinski definition) is 3. The average molecular weight is 267 g/mol. The van der Waals surface area contributed by atoms with E-state index in [4.69, 9.17) is 0 Å². The average Bonchev–Trinajstić information content (AvgIpc) is 2.98.